The van der Waals surface area contributed by atoms with Crippen LogP contribution in [0.1, 0.15) is 11.1 Å². The van der Waals surface area contributed by atoms with Gasteiger partial charge in [0.2, 0.25) is 5.91 Å². The Morgan fingerprint density at radius 1 is 1.58 bits per heavy atom. The van der Waals surface area contributed by atoms with Crippen molar-refractivity contribution < 1.29 is 14.7 Å². The van der Waals surface area contributed by atoms with Gasteiger partial charge in [-0.3, -0.25) is 9.59 Å². The van der Waals surface area contributed by atoms with Gasteiger partial charge in [0.15, 0.2) is 0 Å². The fourth-order valence-corrected chi connectivity index (χ4v) is 2.23. The minimum absolute atomic E-state index is 0.00649. The third-order valence-corrected chi connectivity index (χ3v) is 3.15. The van der Waals surface area contributed by atoms with E-state index in [0.29, 0.717) is 6.42 Å². The predicted molar refractivity (Wildman–Crippen MR) is 70.9 cm³/mol. The first kappa shape index (κ1) is 13.5. The van der Waals surface area contributed by atoms with E-state index in [9.17, 15) is 9.59 Å². The van der Waals surface area contributed by atoms with E-state index in [4.69, 9.17) is 10.8 Å². The molecule has 2 rings (SSSR count). The number of carbonyl (C=O) groups is 2. The second-order valence-electron chi connectivity index (χ2n) is 4.62. The number of rotatable bonds is 5. The topological polar surface area (TPSA) is 95.7 Å². The first-order chi connectivity index (χ1) is 9.02. The van der Waals surface area contributed by atoms with E-state index >= 15 is 0 Å². The Labute approximate surface area is 111 Å². The van der Waals surface area contributed by atoms with Gasteiger partial charge in [0.25, 0.3) is 0 Å². The van der Waals surface area contributed by atoms with Crippen LogP contribution < -0.4 is 16.0 Å². The van der Waals surface area contributed by atoms with Crippen molar-refractivity contribution >= 4 is 17.6 Å². The molecule has 1 aromatic carbocycles. The molecule has 0 spiro atoms. The maximum Gasteiger partial charge on any atom is 0.322 e. The van der Waals surface area contributed by atoms with Crippen molar-refractivity contribution in [2.45, 2.75) is 19.0 Å². The molecule has 1 aromatic rings. The number of anilines is 1. The molecule has 1 aliphatic heterocycles. The maximum absolute atomic E-state index is 11.9. The lowest BCUT2D eigenvalue weighted by atomic mass is 10.1. The highest BCUT2D eigenvalue weighted by Gasteiger charge is 2.30. The molecule has 1 amide bonds. The van der Waals surface area contributed by atoms with E-state index in [1.165, 1.54) is 4.90 Å². The summed E-state index contributed by atoms with van der Waals surface area (Å²) in [7, 11) is 1.86. The van der Waals surface area contributed by atoms with Crippen LogP contribution in [0.4, 0.5) is 5.69 Å². The summed E-state index contributed by atoms with van der Waals surface area (Å²) in [5.74, 6) is -1.21. The van der Waals surface area contributed by atoms with Crippen LogP contribution in [0.3, 0.4) is 0 Å². The molecule has 0 radical (unpaired) electrons. The van der Waals surface area contributed by atoms with E-state index in [1.54, 1.807) is 0 Å². The molecule has 0 bridgehead atoms. The normalized spacial score (nSPS) is 15.5. The van der Waals surface area contributed by atoms with E-state index in [1.807, 2.05) is 25.2 Å². The lowest BCUT2D eigenvalue weighted by molar-refractivity contribution is -0.138. The third kappa shape index (κ3) is 2.74. The molecule has 0 saturated carbocycles. The zero-order valence-corrected chi connectivity index (χ0v) is 10.7. The van der Waals surface area contributed by atoms with Gasteiger partial charge >= 0.3 is 5.97 Å². The van der Waals surface area contributed by atoms with Crippen molar-refractivity contribution in [2.24, 2.45) is 5.73 Å². The first-order valence-corrected chi connectivity index (χ1v) is 6.08. The Kier molecular flexibility index (Phi) is 3.82. The van der Waals surface area contributed by atoms with Gasteiger partial charge in [-0.05, 0) is 24.2 Å². The van der Waals surface area contributed by atoms with Crippen LogP contribution in [0.2, 0.25) is 0 Å². The number of carbonyl (C=O) groups excluding carboxylic acids is 1. The molecule has 102 valence electrons. The molecular weight excluding hydrogens is 246 g/mol. The summed E-state index contributed by atoms with van der Waals surface area (Å²) in [6.07, 6.45) is 0.305. The fourth-order valence-electron chi connectivity index (χ4n) is 2.23. The number of carboxylic acids is 1. The third-order valence-electron chi connectivity index (χ3n) is 3.15. The average molecular weight is 263 g/mol. The van der Waals surface area contributed by atoms with Crippen molar-refractivity contribution in [3.05, 3.63) is 29.3 Å². The number of carboxylic acid groups (broad SMARTS) is 1. The number of aliphatic carboxylic acids is 1. The molecule has 1 unspecified atom stereocenters. The second-order valence-corrected chi connectivity index (χ2v) is 4.62. The number of hydrogen-bond donors (Lipinski definition) is 3. The molecular formula is C13H17N3O3. The van der Waals surface area contributed by atoms with Crippen LogP contribution in [0, 0.1) is 0 Å². The van der Waals surface area contributed by atoms with Crippen molar-refractivity contribution in [1.29, 1.82) is 0 Å². The molecule has 4 N–H and O–H groups in total. The van der Waals surface area contributed by atoms with Crippen LogP contribution in [0.25, 0.3) is 0 Å². The quantitative estimate of drug-likeness (QED) is 0.678. The van der Waals surface area contributed by atoms with Gasteiger partial charge in [-0.2, -0.15) is 0 Å². The summed E-state index contributed by atoms with van der Waals surface area (Å²) < 4.78 is 0. The van der Waals surface area contributed by atoms with Crippen molar-refractivity contribution in [3.63, 3.8) is 0 Å². The fraction of sp³-hybridized carbons (Fsp3) is 0.385. The van der Waals surface area contributed by atoms with E-state index in [-0.39, 0.29) is 12.5 Å². The number of fused-ring (bicyclic) bond motifs is 1. The van der Waals surface area contributed by atoms with Crippen molar-refractivity contribution in [3.8, 4) is 0 Å². The van der Waals surface area contributed by atoms with Crippen LogP contribution in [0.15, 0.2) is 18.2 Å². The monoisotopic (exact) mass is 263 g/mol. The van der Waals surface area contributed by atoms with Crippen LogP contribution in [0.5, 0.6) is 0 Å². The summed E-state index contributed by atoms with van der Waals surface area (Å²) in [6, 6.07) is 4.68. The highest BCUT2D eigenvalue weighted by molar-refractivity contribution is 6.02. The van der Waals surface area contributed by atoms with Crippen LogP contribution >= 0.6 is 0 Å². The number of nitrogens with one attached hydrogen (secondary N) is 1. The van der Waals surface area contributed by atoms with Gasteiger partial charge in [-0.25, -0.2) is 0 Å². The standard InChI is InChI=1S/C13H17N3O3/c1-15-6-8-2-3-11-9(4-8)5-12(17)16(11)7-10(14)13(18)19/h2-4,10,15H,5-7,14H2,1H3,(H,18,19). The van der Waals surface area contributed by atoms with Gasteiger partial charge in [-0.15, -0.1) is 0 Å². The number of nitrogens with two attached hydrogens (primary N) is 1. The summed E-state index contributed by atoms with van der Waals surface area (Å²) in [5.41, 5.74) is 8.28. The van der Waals surface area contributed by atoms with Crippen LogP contribution in [-0.4, -0.2) is 36.6 Å². The highest BCUT2D eigenvalue weighted by Crippen LogP contribution is 2.29. The molecule has 1 atom stereocenters. The Balaban J connectivity index is 2.22. The summed E-state index contributed by atoms with van der Waals surface area (Å²) in [6.45, 7) is 0.739. The van der Waals surface area contributed by atoms with E-state index in [0.717, 1.165) is 23.4 Å². The maximum atomic E-state index is 11.9. The van der Waals surface area contributed by atoms with Crippen molar-refractivity contribution in [1.82, 2.24) is 5.32 Å². The van der Waals surface area contributed by atoms with Gasteiger partial charge in [0, 0.05) is 12.2 Å². The molecule has 6 nitrogen and oxygen atoms in total. The minimum atomic E-state index is -1.10. The summed E-state index contributed by atoms with van der Waals surface area (Å²) in [5, 5.41) is 11.9. The minimum Gasteiger partial charge on any atom is -0.480 e. The molecule has 0 saturated heterocycles. The molecule has 0 aromatic heterocycles. The van der Waals surface area contributed by atoms with Crippen LogP contribution in [-0.2, 0) is 22.6 Å². The zero-order valence-electron chi connectivity index (χ0n) is 10.7. The van der Waals surface area contributed by atoms with E-state index < -0.39 is 12.0 Å². The zero-order chi connectivity index (χ0) is 14.0. The predicted octanol–water partition coefficient (Wildman–Crippen LogP) is -0.293. The highest BCUT2D eigenvalue weighted by atomic mass is 16.4. The van der Waals surface area contributed by atoms with Gasteiger partial charge in [0.05, 0.1) is 13.0 Å². The van der Waals surface area contributed by atoms with E-state index in [2.05, 4.69) is 5.32 Å². The molecule has 6 heteroatoms. The SMILES string of the molecule is CNCc1ccc2c(c1)CC(=O)N2CC(N)C(=O)O. The largest absolute Gasteiger partial charge is 0.480 e. The number of hydrogen-bond acceptors (Lipinski definition) is 4. The second kappa shape index (κ2) is 5.38. The number of nitrogens with zero attached hydrogens (tertiary/aromatic N) is 1. The lowest BCUT2D eigenvalue weighted by Crippen LogP contribution is -2.44. The summed E-state index contributed by atoms with van der Waals surface area (Å²) >= 11 is 0. The molecule has 1 aliphatic rings. The summed E-state index contributed by atoms with van der Waals surface area (Å²) in [4.78, 5) is 24.1. The Morgan fingerprint density at radius 2 is 2.32 bits per heavy atom. The molecule has 0 fully saturated rings. The first-order valence-electron chi connectivity index (χ1n) is 6.08. The van der Waals surface area contributed by atoms with Crippen molar-refractivity contribution in [2.75, 3.05) is 18.5 Å². The number of amides is 1. The van der Waals surface area contributed by atoms with Gasteiger partial charge in [-0.1, -0.05) is 12.1 Å². The number of benzene rings is 1. The van der Waals surface area contributed by atoms with Gasteiger partial charge in [0.1, 0.15) is 6.04 Å². The Morgan fingerprint density at radius 3 is 2.95 bits per heavy atom. The Hall–Kier alpha value is -1.92. The average Bonchev–Trinajstić information content (AvgIpc) is 2.65. The molecule has 1 heterocycles. The molecule has 19 heavy (non-hydrogen) atoms. The van der Waals surface area contributed by atoms with Gasteiger partial charge < -0.3 is 21.1 Å². The molecule has 0 aliphatic carbocycles. The Bertz CT molecular complexity index is 516. The lowest BCUT2D eigenvalue weighted by Gasteiger charge is -2.19. The smallest absolute Gasteiger partial charge is 0.322 e.